The van der Waals surface area contributed by atoms with E-state index in [0.29, 0.717) is 31.7 Å². The van der Waals surface area contributed by atoms with Crippen LogP contribution in [0.1, 0.15) is 71.9 Å². The Balaban J connectivity index is 1.10. The van der Waals surface area contributed by atoms with Crippen LogP contribution in [0.3, 0.4) is 0 Å². The van der Waals surface area contributed by atoms with Crippen molar-refractivity contribution in [3.8, 4) is 67.5 Å². The molecule has 6 nitrogen and oxygen atoms in total. The molecule has 13 rings (SSSR count). The van der Waals surface area contributed by atoms with Gasteiger partial charge in [0.1, 0.15) is 0 Å². The summed E-state index contributed by atoms with van der Waals surface area (Å²) in [6, 6.07) is 52.5. The van der Waals surface area contributed by atoms with E-state index in [1.165, 1.54) is 48.5 Å². The van der Waals surface area contributed by atoms with E-state index >= 15 is 0 Å². The Labute approximate surface area is 480 Å². The third kappa shape index (κ3) is 7.99. The summed E-state index contributed by atoms with van der Waals surface area (Å²) in [6.45, 7) is -5.79. The van der Waals surface area contributed by atoms with E-state index in [4.69, 9.17) is 30.3 Å². The zero-order valence-corrected chi connectivity index (χ0v) is 43.5. The number of ether oxygens (including phenoxy) is 1. The molecule has 76 heavy (non-hydrogen) atoms. The van der Waals surface area contributed by atoms with Crippen LogP contribution >= 0.6 is 0 Å². The fourth-order valence-electron chi connectivity index (χ4n) is 10.7. The van der Waals surface area contributed by atoms with Crippen molar-refractivity contribution in [3.63, 3.8) is 0 Å². The second-order valence-corrected chi connectivity index (χ2v) is 20.8. The molecule has 0 saturated carbocycles. The Kier molecular flexibility index (Phi) is 7.87. The van der Waals surface area contributed by atoms with Gasteiger partial charge in [0.15, 0.2) is 0 Å². The van der Waals surface area contributed by atoms with Crippen LogP contribution in [0.4, 0.5) is 22.9 Å². The third-order valence-electron chi connectivity index (χ3n) is 14.0. The van der Waals surface area contributed by atoms with Crippen LogP contribution in [-0.2, 0) is 24.8 Å². The Hall–Kier alpha value is -8.25. The molecule has 0 aliphatic carbocycles. The van der Waals surface area contributed by atoms with Gasteiger partial charge in [0.05, 0.1) is 0 Å². The van der Waals surface area contributed by atoms with Gasteiger partial charge in [-0.25, -0.2) is 0 Å². The number of nitrogens with zero attached hydrogens (tertiary/aromatic N) is 5. The number of fused-ring (bicyclic) bond motifs is 9. The zero-order chi connectivity index (χ0) is 66.3. The summed E-state index contributed by atoms with van der Waals surface area (Å²) in [4.78, 5) is 9.19. The molecule has 4 heterocycles. The van der Waals surface area contributed by atoms with Gasteiger partial charge in [-0.1, -0.05) is 42.5 Å². The number of imidazole rings is 1. The summed E-state index contributed by atoms with van der Waals surface area (Å²) in [5.74, 6) is -0.205. The molecule has 0 fully saturated rings. The van der Waals surface area contributed by atoms with Gasteiger partial charge in [-0.05, 0) is 11.6 Å². The van der Waals surface area contributed by atoms with Crippen molar-refractivity contribution in [2.75, 3.05) is 9.62 Å². The molecule has 372 valence electrons. The summed E-state index contributed by atoms with van der Waals surface area (Å²) in [7, 11) is 0. The van der Waals surface area contributed by atoms with Crippen molar-refractivity contribution in [2.24, 2.45) is 0 Å². The Morgan fingerprint density at radius 2 is 1.30 bits per heavy atom. The van der Waals surface area contributed by atoms with Crippen LogP contribution in [-0.4, -0.2) is 21.1 Å². The first kappa shape index (κ1) is 32.3. The fraction of sp³-hybridized carbons (Fsp3) is 0.118. The van der Waals surface area contributed by atoms with Crippen molar-refractivity contribution in [1.29, 1.82) is 0 Å². The van der Waals surface area contributed by atoms with E-state index < -0.39 is 70.0 Å². The first-order valence-corrected chi connectivity index (χ1v) is 25.7. The predicted octanol–water partition coefficient (Wildman–Crippen LogP) is 16.5. The van der Waals surface area contributed by atoms with Gasteiger partial charge < -0.3 is 0 Å². The second-order valence-electron chi connectivity index (χ2n) is 19.8. The summed E-state index contributed by atoms with van der Waals surface area (Å²) in [6.07, 6.45) is 0. The van der Waals surface area contributed by atoms with Gasteiger partial charge in [-0.2, -0.15) is 12.1 Å². The second kappa shape index (κ2) is 18.5. The van der Waals surface area contributed by atoms with Crippen molar-refractivity contribution in [2.45, 2.75) is 53.6 Å². The standard InChI is InChI=1S/C68H54BN5O.Pt/c1-44-35-56(48-23-9-8-10-24-48)67(57(36-44)49-25-20-26-51(39-49)68(5,6)7)72-43-71(60-31-15-16-32-61(60)72)52-40-50(66-46(3)21-19-22-47(66)4)41-53(42-52)75-65-38-45(2)37-64(70-65)74-63-34-18-17-33-62(63)73-59-30-14-12-28-55(59)54-27-11-13-29-58(54)69(73)74;/h8-33,35-41H,1-7H3;/q-2;/i1D3,2D3,3D3,4D3,8D,9D,10D,23D,24D;. The van der Waals surface area contributed by atoms with Gasteiger partial charge in [-0.15, -0.1) is 6.07 Å². The van der Waals surface area contributed by atoms with Gasteiger partial charge in [0, 0.05) is 11.3 Å². The molecule has 0 amide bonds. The number of aromatic nitrogens is 3. The van der Waals surface area contributed by atoms with Crippen LogP contribution in [0.5, 0.6) is 11.6 Å². The molecule has 0 spiro atoms. The average Bonchev–Trinajstić information content (AvgIpc) is 1.64. The maximum atomic E-state index is 9.42. The monoisotopic (exact) mass is 1180 g/mol. The van der Waals surface area contributed by atoms with E-state index in [2.05, 4.69) is 42.4 Å². The number of benzene rings is 9. The Bertz CT molecular complexity index is 4910. The molecule has 11 aromatic rings. The molecule has 0 N–H and O–H groups in total. The van der Waals surface area contributed by atoms with Crippen molar-refractivity contribution < 1.29 is 47.4 Å². The Morgan fingerprint density at radius 1 is 0.605 bits per heavy atom. The molecular formula is C68H54BN5OPt-2. The zero-order valence-electron chi connectivity index (χ0n) is 58.2. The topological polar surface area (TPSA) is 38.5 Å². The molecule has 0 unspecified atom stereocenters. The number of para-hydroxylation sites is 4. The Morgan fingerprint density at radius 3 is 2.08 bits per heavy atom. The molecule has 0 atom stereocenters. The number of pyridine rings is 1. The van der Waals surface area contributed by atoms with Gasteiger partial charge in [-0.3, -0.25) is 0 Å². The number of hydrogen-bond acceptors (Lipinski definition) is 4. The van der Waals surface area contributed by atoms with E-state index in [-0.39, 0.29) is 73.3 Å². The number of rotatable bonds is 8. The molecule has 0 radical (unpaired) electrons. The summed E-state index contributed by atoms with van der Waals surface area (Å²) >= 11 is 2.07. The van der Waals surface area contributed by atoms with E-state index in [0.717, 1.165) is 33.5 Å². The molecule has 0 bridgehead atoms. The normalized spacial score (nSPS) is 16.6. The van der Waals surface area contributed by atoms with E-state index in [1.54, 1.807) is 45.5 Å². The van der Waals surface area contributed by atoms with Gasteiger partial charge >= 0.3 is 399 Å². The molecular weight excluding hydrogens is 1110 g/mol. The maximum absolute atomic E-state index is 9.42. The fourth-order valence-corrected chi connectivity index (χ4v) is 11.8. The first-order valence-electron chi connectivity index (χ1n) is 33.1. The van der Waals surface area contributed by atoms with Crippen molar-refractivity contribution >= 4 is 46.4 Å². The number of aryl methyl sites for hydroxylation is 4. The summed E-state index contributed by atoms with van der Waals surface area (Å²) < 4.78 is 162. The SMILES string of the molecule is [2H]c1c([2H])c([2H])c(-c2cc(C([2H])([2H])[2H])cc(-c3cccc(C(C)(C)C)c3)c2-n2[c](=[Pt])n(-c3[c-]c(Oc4cc(C([2H])([2H])[2H])cc(N5B6c7ccccc7-c7ccccc7N6c6ccc[c-]c65)n4)cc(-c4c(C([2H])([2H])[2H])cccc4C([2H])([2H])[2H])c3)c3ccccc32)c([2H])c1[2H]. The molecule has 2 aliphatic rings. The third-order valence-corrected chi connectivity index (χ3v) is 15.0. The van der Waals surface area contributed by atoms with Crippen molar-refractivity contribution in [3.05, 3.63) is 244 Å². The molecule has 2 aromatic heterocycles. The van der Waals surface area contributed by atoms with E-state index in [9.17, 15) is 2.74 Å². The predicted molar refractivity (Wildman–Crippen MR) is 310 cm³/mol. The van der Waals surface area contributed by atoms with Crippen molar-refractivity contribution in [1.82, 2.24) is 14.1 Å². The summed E-state index contributed by atoms with van der Waals surface area (Å²) in [5, 5.41) is 0. The first-order chi connectivity index (χ1) is 43.8. The van der Waals surface area contributed by atoms with Crippen LogP contribution in [0.25, 0.3) is 66.9 Å². The number of hydrogen-bond donors (Lipinski definition) is 0. The molecule has 0 saturated heterocycles. The van der Waals surface area contributed by atoms with E-state index in [1.807, 2.05) is 104 Å². The van der Waals surface area contributed by atoms with Crippen LogP contribution in [0, 0.1) is 43.3 Å². The number of anilines is 4. The minimum absolute atomic E-state index is 0.0167. The van der Waals surface area contributed by atoms with Crippen LogP contribution in [0.2, 0.25) is 0 Å². The molecule has 2 aliphatic heterocycles. The minimum atomic E-state index is -2.88. The summed E-state index contributed by atoms with van der Waals surface area (Å²) in [5.41, 5.74) is 6.35. The quantitative estimate of drug-likeness (QED) is 0.112. The van der Waals surface area contributed by atoms with Gasteiger partial charge in [0.2, 0.25) is 0 Å². The van der Waals surface area contributed by atoms with Crippen LogP contribution in [0.15, 0.2) is 200 Å². The van der Waals surface area contributed by atoms with Gasteiger partial charge in [0.25, 0.3) is 0 Å². The molecule has 9 aromatic carbocycles. The molecule has 8 heteroatoms. The van der Waals surface area contributed by atoms with Crippen LogP contribution < -0.4 is 19.8 Å². The average molecular weight is 1180 g/mol.